The number of esters is 1. The smallest absolute Gasteiger partial charge is 0.360 e. The third-order valence-corrected chi connectivity index (χ3v) is 4.39. The summed E-state index contributed by atoms with van der Waals surface area (Å²) in [7, 11) is 0. The molecule has 1 amide bonds. The van der Waals surface area contributed by atoms with Crippen molar-refractivity contribution in [1.29, 1.82) is 0 Å². The summed E-state index contributed by atoms with van der Waals surface area (Å²) in [6.45, 7) is 5.65. The Balaban J connectivity index is 1.71. The summed E-state index contributed by atoms with van der Waals surface area (Å²) >= 11 is 0. The van der Waals surface area contributed by atoms with Gasteiger partial charge in [-0.2, -0.15) is 5.10 Å². The summed E-state index contributed by atoms with van der Waals surface area (Å²) in [5.41, 5.74) is 1.33. The number of carbonyl (C=O) groups is 2. The average Bonchev–Trinajstić information content (AvgIpc) is 2.68. The third-order valence-electron chi connectivity index (χ3n) is 4.39. The van der Waals surface area contributed by atoms with E-state index in [-0.39, 0.29) is 5.69 Å². The molecule has 1 aromatic heterocycles. The summed E-state index contributed by atoms with van der Waals surface area (Å²) in [5, 5.41) is 9.47. The van der Waals surface area contributed by atoms with Crippen molar-refractivity contribution in [1.82, 2.24) is 10.2 Å². The van der Waals surface area contributed by atoms with Gasteiger partial charge in [0.1, 0.15) is 0 Å². The van der Waals surface area contributed by atoms with Gasteiger partial charge >= 0.3 is 5.97 Å². The molecule has 1 atom stereocenters. The normalized spacial score (nSPS) is 12.0. The highest BCUT2D eigenvalue weighted by Gasteiger charge is 2.22. The summed E-state index contributed by atoms with van der Waals surface area (Å²) in [6.07, 6.45) is -1.04. The van der Waals surface area contributed by atoms with Gasteiger partial charge in [-0.05, 0) is 36.6 Å². The molecule has 2 N–H and O–H groups in total. The van der Waals surface area contributed by atoms with Gasteiger partial charge in [0.2, 0.25) is 0 Å². The molecule has 0 saturated carbocycles. The van der Waals surface area contributed by atoms with E-state index in [2.05, 4.69) is 29.4 Å². The van der Waals surface area contributed by atoms with Crippen molar-refractivity contribution in [3.8, 4) is 0 Å². The number of aromatic nitrogens is 2. The second kappa shape index (κ2) is 8.04. The Morgan fingerprint density at radius 1 is 1.00 bits per heavy atom. The molecule has 0 aliphatic carbocycles. The predicted octanol–water partition coefficient (Wildman–Crippen LogP) is 3.23. The van der Waals surface area contributed by atoms with Crippen molar-refractivity contribution in [2.45, 2.75) is 32.8 Å². The largest absolute Gasteiger partial charge is 0.448 e. The SMILES string of the molecule is CC(C)c1ccc(NC(=O)[C@@H](C)OC(=O)c2n[nH]c(=O)c3ccccc23)cc1. The Hall–Kier alpha value is -3.48. The van der Waals surface area contributed by atoms with E-state index in [1.165, 1.54) is 6.92 Å². The molecule has 0 fully saturated rings. The minimum Gasteiger partial charge on any atom is -0.448 e. The summed E-state index contributed by atoms with van der Waals surface area (Å²) in [4.78, 5) is 36.6. The van der Waals surface area contributed by atoms with Crippen LogP contribution in [-0.4, -0.2) is 28.2 Å². The van der Waals surface area contributed by atoms with Crippen LogP contribution in [-0.2, 0) is 9.53 Å². The number of nitrogens with one attached hydrogen (secondary N) is 2. The van der Waals surface area contributed by atoms with E-state index in [1.54, 1.807) is 36.4 Å². The quantitative estimate of drug-likeness (QED) is 0.663. The van der Waals surface area contributed by atoms with Gasteiger partial charge in [0.05, 0.1) is 5.39 Å². The monoisotopic (exact) mass is 379 g/mol. The van der Waals surface area contributed by atoms with E-state index in [1.807, 2.05) is 12.1 Å². The highest BCUT2D eigenvalue weighted by atomic mass is 16.5. The topological polar surface area (TPSA) is 101 Å². The Morgan fingerprint density at radius 2 is 1.64 bits per heavy atom. The Kier molecular flexibility index (Phi) is 5.54. The number of rotatable bonds is 5. The molecule has 0 bridgehead atoms. The van der Waals surface area contributed by atoms with Crippen LogP contribution in [0.25, 0.3) is 10.8 Å². The molecule has 0 aliphatic rings. The van der Waals surface area contributed by atoms with Crippen molar-refractivity contribution >= 4 is 28.3 Å². The van der Waals surface area contributed by atoms with E-state index in [4.69, 9.17) is 4.74 Å². The molecule has 2 aromatic carbocycles. The number of fused-ring (bicyclic) bond motifs is 1. The average molecular weight is 379 g/mol. The number of hydrogen-bond donors (Lipinski definition) is 2. The Bertz CT molecular complexity index is 1070. The van der Waals surface area contributed by atoms with Crippen molar-refractivity contribution in [3.05, 3.63) is 70.1 Å². The maximum absolute atomic E-state index is 12.5. The van der Waals surface area contributed by atoms with Crippen LogP contribution in [0.4, 0.5) is 5.69 Å². The summed E-state index contributed by atoms with van der Waals surface area (Å²) < 4.78 is 5.24. The van der Waals surface area contributed by atoms with Gasteiger partial charge in [-0.15, -0.1) is 0 Å². The highest BCUT2D eigenvalue weighted by molar-refractivity contribution is 6.03. The lowest BCUT2D eigenvalue weighted by Gasteiger charge is -2.14. The highest BCUT2D eigenvalue weighted by Crippen LogP contribution is 2.18. The number of hydrogen-bond acceptors (Lipinski definition) is 5. The molecule has 0 spiro atoms. The van der Waals surface area contributed by atoms with Crippen LogP contribution in [0, 0.1) is 0 Å². The molecular formula is C21H21N3O4. The van der Waals surface area contributed by atoms with Crippen LogP contribution in [0.3, 0.4) is 0 Å². The van der Waals surface area contributed by atoms with Crippen molar-refractivity contribution in [2.75, 3.05) is 5.32 Å². The second-order valence-electron chi connectivity index (χ2n) is 6.76. The molecular weight excluding hydrogens is 358 g/mol. The molecule has 0 aliphatic heterocycles. The number of nitrogens with zero attached hydrogens (tertiary/aromatic N) is 1. The molecule has 0 radical (unpaired) electrons. The summed E-state index contributed by atoms with van der Waals surface area (Å²) in [6, 6.07) is 14.1. The van der Waals surface area contributed by atoms with Gasteiger partial charge in [-0.3, -0.25) is 9.59 Å². The molecule has 28 heavy (non-hydrogen) atoms. The number of aromatic amines is 1. The zero-order valence-electron chi connectivity index (χ0n) is 15.9. The van der Waals surface area contributed by atoms with Crippen LogP contribution < -0.4 is 10.9 Å². The maximum atomic E-state index is 12.5. The third kappa shape index (κ3) is 4.09. The minimum atomic E-state index is -1.04. The fourth-order valence-corrected chi connectivity index (χ4v) is 2.74. The molecule has 3 aromatic rings. The van der Waals surface area contributed by atoms with Crippen LogP contribution in [0.2, 0.25) is 0 Å². The van der Waals surface area contributed by atoms with Crippen molar-refractivity contribution < 1.29 is 14.3 Å². The van der Waals surface area contributed by atoms with E-state index in [0.29, 0.717) is 22.4 Å². The number of amides is 1. The van der Waals surface area contributed by atoms with E-state index in [0.717, 1.165) is 5.56 Å². The summed E-state index contributed by atoms with van der Waals surface area (Å²) in [5.74, 6) is -0.853. The van der Waals surface area contributed by atoms with Crippen molar-refractivity contribution in [3.63, 3.8) is 0 Å². The van der Waals surface area contributed by atoms with Crippen LogP contribution >= 0.6 is 0 Å². The van der Waals surface area contributed by atoms with Gasteiger partial charge in [0.25, 0.3) is 11.5 Å². The fourth-order valence-electron chi connectivity index (χ4n) is 2.74. The number of benzene rings is 2. The van der Waals surface area contributed by atoms with Crippen LogP contribution in [0.15, 0.2) is 53.3 Å². The fraction of sp³-hybridized carbons (Fsp3) is 0.238. The number of ether oxygens (including phenoxy) is 1. The number of H-pyrrole nitrogens is 1. The van der Waals surface area contributed by atoms with Crippen molar-refractivity contribution in [2.24, 2.45) is 0 Å². The molecule has 1 heterocycles. The van der Waals surface area contributed by atoms with Gasteiger partial charge in [-0.25, -0.2) is 9.89 Å². The van der Waals surface area contributed by atoms with Gasteiger partial charge in [0, 0.05) is 11.1 Å². The zero-order valence-corrected chi connectivity index (χ0v) is 15.9. The first kappa shape index (κ1) is 19.3. The minimum absolute atomic E-state index is 0.0452. The Labute approximate surface area is 161 Å². The number of anilines is 1. The molecule has 144 valence electrons. The van der Waals surface area contributed by atoms with E-state index < -0.39 is 23.5 Å². The second-order valence-corrected chi connectivity index (χ2v) is 6.76. The lowest BCUT2D eigenvalue weighted by Crippen LogP contribution is -2.30. The molecule has 0 saturated heterocycles. The lowest BCUT2D eigenvalue weighted by molar-refractivity contribution is -0.123. The first-order valence-electron chi connectivity index (χ1n) is 8.96. The first-order chi connectivity index (χ1) is 13.4. The molecule has 7 nitrogen and oxygen atoms in total. The zero-order chi connectivity index (χ0) is 20.3. The van der Waals surface area contributed by atoms with E-state index in [9.17, 15) is 14.4 Å². The van der Waals surface area contributed by atoms with Crippen LogP contribution in [0.1, 0.15) is 42.7 Å². The van der Waals surface area contributed by atoms with E-state index >= 15 is 0 Å². The van der Waals surface area contributed by atoms with Crippen LogP contribution in [0.5, 0.6) is 0 Å². The van der Waals surface area contributed by atoms with Gasteiger partial charge in [-0.1, -0.05) is 44.2 Å². The standard InChI is InChI=1S/C21H21N3O4/c1-12(2)14-8-10-15(11-9-14)22-19(25)13(3)28-21(27)18-16-6-4-5-7-17(16)20(26)24-23-18/h4-13H,1-3H3,(H,22,25)(H,24,26)/t13-/m1/s1. The maximum Gasteiger partial charge on any atom is 0.360 e. The molecule has 7 heteroatoms. The van der Waals surface area contributed by atoms with Gasteiger partial charge < -0.3 is 10.1 Å². The lowest BCUT2D eigenvalue weighted by atomic mass is 10.0. The van der Waals surface area contributed by atoms with Gasteiger partial charge in [0.15, 0.2) is 11.8 Å². The predicted molar refractivity (Wildman–Crippen MR) is 106 cm³/mol. The first-order valence-corrected chi connectivity index (χ1v) is 8.96. The number of carbonyl (C=O) groups excluding carboxylic acids is 2. The Morgan fingerprint density at radius 3 is 2.29 bits per heavy atom. The molecule has 0 unspecified atom stereocenters. The molecule has 3 rings (SSSR count).